The number of carbonyl (C=O) groups excluding carboxylic acids is 1. The molecular formula is C29H58N2O9. The van der Waals surface area contributed by atoms with Crippen LogP contribution in [-0.2, 0) is 19.0 Å². The zero-order valence-electron chi connectivity index (χ0n) is 26.7. The average Bonchev–Trinajstić information content (AvgIpc) is 2.86. The molecule has 5 N–H and O–H groups in total. The summed E-state index contributed by atoms with van der Waals surface area (Å²) in [6, 6.07) is -0.717. The van der Waals surface area contributed by atoms with E-state index < -0.39 is 65.9 Å². The summed E-state index contributed by atoms with van der Waals surface area (Å²) in [5.74, 6) is -2.65. The third kappa shape index (κ3) is 9.31. The van der Waals surface area contributed by atoms with Crippen molar-refractivity contribution in [1.29, 1.82) is 0 Å². The lowest BCUT2D eigenvalue weighted by atomic mass is 9.78. The van der Waals surface area contributed by atoms with Gasteiger partial charge >= 0.3 is 5.97 Å². The smallest absolute Gasteiger partial charge is 0.311 e. The van der Waals surface area contributed by atoms with Crippen molar-refractivity contribution in [2.45, 2.75) is 148 Å². The third-order valence-corrected chi connectivity index (χ3v) is 9.06. The Hall–Kier alpha value is -0.890. The molecule has 11 nitrogen and oxygen atoms in total. The van der Waals surface area contributed by atoms with E-state index in [0.29, 0.717) is 6.42 Å². The number of likely N-dealkylation sites (N-methyl/N-ethyl adjacent to an activating group) is 1. The highest BCUT2D eigenvalue weighted by Gasteiger charge is 2.49. The number of rotatable bonds is 8. The van der Waals surface area contributed by atoms with Gasteiger partial charge in [-0.2, -0.15) is 0 Å². The molecule has 13 atom stereocenters. The van der Waals surface area contributed by atoms with Crippen molar-refractivity contribution in [3.05, 3.63) is 0 Å². The Morgan fingerprint density at radius 3 is 2.17 bits per heavy atom. The van der Waals surface area contributed by atoms with Crippen molar-refractivity contribution in [2.75, 3.05) is 21.1 Å². The molecule has 0 aromatic rings. The SMILES string of the molecule is CC[C@@H]1OC(=O)C(C)C(O)C(C)C(OC(O)OC(C)CC(C)N(C)C)[C@@](C)(O)C[C@H](C)N(C)[C@H](C)C(O)C1(C)O. The van der Waals surface area contributed by atoms with Crippen molar-refractivity contribution in [1.82, 2.24) is 9.80 Å². The van der Waals surface area contributed by atoms with Crippen molar-refractivity contribution >= 4 is 5.97 Å². The predicted molar refractivity (Wildman–Crippen MR) is 152 cm³/mol. The van der Waals surface area contributed by atoms with Gasteiger partial charge in [0, 0.05) is 24.0 Å². The second-order valence-corrected chi connectivity index (χ2v) is 12.8. The van der Waals surface area contributed by atoms with Crippen LogP contribution in [0.25, 0.3) is 0 Å². The first-order valence-electron chi connectivity index (χ1n) is 14.6. The Morgan fingerprint density at radius 1 is 1.12 bits per heavy atom. The van der Waals surface area contributed by atoms with Crippen molar-refractivity contribution in [2.24, 2.45) is 11.8 Å². The van der Waals surface area contributed by atoms with E-state index in [2.05, 4.69) is 0 Å². The highest BCUT2D eigenvalue weighted by atomic mass is 16.8. The van der Waals surface area contributed by atoms with Crippen molar-refractivity contribution in [3.8, 4) is 0 Å². The number of aliphatic hydroxyl groups excluding tert-OH is 3. The fraction of sp³-hybridized carbons (Fsp3) is 0.966. The zero-order chi connectivity index (χ0) is 31.3. The number of cyclic esters (lactones) is 1. The average molecular weight is 579 g/mol. The van der Waals surface area contributed by atoms with E-state index in [4.69, 9.17) is 14.2 Å². The van der Waals surface area contributed by atoms with Gasteiger partial charge in [0.25, 0.3) is 6.48 Å². The number of nitrogens with zero attached hydrogens (tertiary/aromatic N) is 2. The second-order valence-electron chi connectivity index (χ2n) is 12.8. The highest BCUT2D eigenvalue weighted by Crippen LogP contribution is 2.34. The van der Waals surface area contributed by atoms with Crippen LogP contribution in [-0.4, -0.2) is 129 Å². The number of hydrogen-bond donors (Lipinski definition) is 5. The maximum Gasteiger partial charge on any atom is 0.311 e. The number of carbonyl (C=O) groups is 1. The van der Waals surface area contributed by atoms with Crippen LogP contribution in [0.4, 0.5) is 0 Å². The van der Waals surface area contributed by atoms with Crippen LogP contribution in [0, 0.1) is 11.8 Å². The van der Waals surface area contributed by atoms with Gasteiger partial charge in [0.15, 0.2) is 0 Å². The summed E-state index contributed by atoms with van der Waals surface area (Å²) >= 11 is 0. The Kier molecular flexibility index (Phi) is 13.9. The van der Waals surface area contributed by atoms with Crippen molar-refractivity contribution in [3.63, 3.8) is 0 Å². The summed E-state index contributed by atoms with van der Waals surface area (Å²) in [4.78, 5) is 17.0. The van der Waals surface area contributed by atoms with Crippen LogP contribution in [0.5, 0.6) is 0 Å². The van der Waals surface area contributed by atoms with Crippen LogP contribution in [0.1, 0.15) is 81.6 Å². The Bertz CT molecular complexity index is 781. The first-order chi connectivity index (χ1) is 18.2. The van der Waals surface area contributed by atoms with Crippen LogP contribution >= 0.6 is 0 Å². The minimum Gasteiger partial charge on any atom is -0.459 e. The number of ether oxygens (including phenoxy) is 3. The molecule has 1 saturated heterocycles. The summed E-state index contributed by atoms with van der Waals surface area (Å²) in [5.41, 5.74) is -3.37. The van der Waals surface area contributed by atoms with Gasteiger partial charge in [-0.25, -0.2) is 0 Å². The Labute approximate surface area is 241 Å². The first kappa shape index (κ1) is 37.1. The molecule has 0 aromatic carbocycles. The van der Waals surface area contributed by atoms with E-state index in [-0.39, 0.29) is 31.0 Å². The predicted octanol–water partition coefficient (Wildman–Crippen LogP) is 1.32. The number of aliphatic hydroxyl groups is 5. The van der Waals surface area contributed by atoms with Crippen LogP contribution in [0.2, 0.25) is 0 Å². The normalized spacial score (nSPS) is 41.7. The topological polar surface area (TPSA) is 152 Å². The fourth-order valence-corrected chi connectivity index (χ4v) is 5.74. The minimum absolute atomic E-state index is 0.125. The van der Waals surface area contributed by atoms with E-state index >= 15 is 0 Å². The summed E-state index contributed by atoms with van der Waals surface area (Å²) < 4.78 is 17.2. The summed E-state index contributed by atoms with van der Waals surface area (Å²) in [7, 11) is 5.67. The molecule has 1 rings (SSSR count). The third-order valence-electron chi connectivity index (χ3n) is 9.06. The lowest BCUT2D eigenvalue weighted by Gasteiger charge is -2.46. The molecule has 1 aliphatic rings. The molecule has 1 heterocycles. The largest absolute Gasteiger partial charge is 0.459 e. The van der Waals surface area contributed by atoms with Gasteiger partial charge in [-0.05, 0) is 88.9 Å². The summed E-state index contributed by atoms with van der Waals surface area (Å²) in [5, 5.41) is 56.2. The molecule has 0 radical (unpaired) electrons. The highest BCUT2D eigenvalue weighted by molar-refractivity contribution is 5.73. The second kappa shape index (κ2) is 15.0. The van der Waals surface area contributed by atoms with Crippen molar-refractivity contribution < 1.29 is 44.5 Å². The van der Waals surface area contributed by atoms with Gasteiger partial charge in [-0.15, -0.1) is 0 Å². The molecule has 0 bridgehead atoms. The first-order valence-corrected chi connectivity index (χ1v) is 14.6. The van der Waals surface area contributed by atoms with Gasteiger partial charge in [-0.1, -0.05) is 13.8 Å². The van der Waals surface area contributed by atoms with Gasteiger partial charge in [-0.3, -0.25) is 9.69 Å². The van der Waals surface area contributed by atoms with E-state index in [9.17, 15) is 30.3 Å². The molecule has 0 aromatic heterocycles. The molecule has 0 spiro atoms. The molecule has 0 aliphatic carbocycles. The maximum atomic E-state index is 13.1. The number of esters is 1. The Balaban J connectivity index is 3.41. The van der Waals surface area contributed by atoms with E-state index in [1.807, 2.05) is 44.7 Å². The van der Waals surface area contributed by atoms with Gasteiger partial charge in [0.05, 0.1) is 29.8 Å². The van der Waals surface area contributed by atoms with Gasteiger partial charge in [0.2, 0.25) is 0 Å². The van der Waals surface area contributed by atoms with E-state index in [1.54, 1.807) is 34.7 Å². The lowest BCUT2D eigenvalue weighted by Crippen LogP contribution is -2.61. The molecule has 40 heavy (non-hydrogen) atoms. The molecule has 9 unspecified atom stereocenters. The van der Waals surface area contributed by atoms with Crippen LogP contribution in [0.15, 0.2) is 0 Å². The molecule has 238 valence electrons. The maximum absolute atomic E-state index is 13.1. The summed E-state index contributed by atoms with van der Waals surface area (Å²) in [6.07, 6.45) is -4.16. The quantitative estimate of drug-likeness (QED) is 0.209. The van der Waals surface area contributed by atoms with Crippen LogP contribution < -0.4 is 0 Å². The molecule has 11 heteroatoms. The molecule has 1 aliphatic heterocycles. The lowest BCUT2D eigenvalue weighted by molar-refractivity contribution is -0.327. The standard InChI is InChI=1S/C29H58N2O9/c1-13-22-29(9,37)24(33)21(7)31(12)17(3)15-28(8,36)25(19(5)23(32)20(6)26(34)39-22)40-27(35)38-18(4)14-16(2)30(10)11/h16-25,27,32-33,35-37H,13-15H2,1-12H3/t16?,17-,18?,19?,20?,21+,22-,23?,24?,25?,27?,28-,29?/m0/s1. The summed E-state index contributed by atoms with van der Waals surface area (Å²) in [6.45, 7) is 13.6. The Morgan fingerprint density at radius 2 is 1.68 bits per heavy atom. The fourth-order valence-electron chi connectivity index (χ4n) is 5.74. The van der Waals surface area contributed by atoms with Gasteiger partial charge < -0.3 is 44.6 Å². The molecule has 0 amide bonds. The van der Waals surface area contributed by atoms with Crippen LogP contribution in [0.3, 0.4) is 0 Å². The number of hydrogen-bond acceptors (Lipinski definition) is 11. The minimum atomic E-state index is -1.77. The molecule has 0 saturated carbocycles. The van der Waals surface area contributed by atoms with E-state index in [1.165, 1.54) is 13.8 Å². The monoisotopic (exact) mass is 578 g/mol. The van der Waals surface area contributed by atoms with E-state index in [0.717, 1.165) is 0 Å². The van der Waals surface area contributed by atoms with Gasteiger partial charge in [0.1, 0.15) is 17.8 Å². The molecular weight excluding hydrogens is 520 g/mol. The molecule has 1 fully saturated rings. The zero-order valence-corrected chi connectivity index (χ0v) is 26.7.